The summed E-state index contributed by atoms with van der Waals surface area (Å²) in [6.07, 6.45) is -0.303. The number of fused-ring (bicyclic) bond motifs is 1. The minimum Gasteiger partial charge on any atom is -0.360 e. The molecule has 2 heterocycles. The van der Waals surface area contributed by atoms with Crippen molar-refractivity contribution in [3.8, 4) is 10.4 Å². The summed E-state index contributed by atoms with van der Waals surface area (Å²) in [5.41, 5.74) is 2.02. The summed E-state index contributed by atoms with van der Waals surface area (Å²) in [5.74, 6) is -0.350. The molecule has 1 aromatic heterocycles. The minimum absolute atomic E-state index is 0.106. The number of halogens is 1. The predicted octanol–water partition coefficient (Wildman–Crippen LogP) is 4.41. The topological polar surface area (TPSA) is 41.1 Å². The third-order valence-electron chi connectivity index (χ3n) is 3.80. The highest BCUT2D eigenvalue weighted by Gasteiger charge is 2.25. The fraction of sp³-hybridized carbons (Fsp3) is 0.0556. The lowest BCUT2D eigenvalue weighted by Crippen LogP contribution is -2.37. The lowest BCUT2D eigenvalue weighted by atomic mass is 10.1. The molecule has 0 bridgehead atoms. The number of amides is 1. The first-order valence-electron chi connectivity index (χ1n) is 7.23. The van der Waals surface area contributed by atoms with Crippen LogP contribution in [-0.2, 0) is 0 Å². The third kappa shape index (κ3) is 2.49. The van der Waals surface area contributed by atoms with E-state index in [-0.39, 0.29) is 17.9 Å². The van der Waals surface area contributed by atoms with E-state index in [2.05, 4.69) is 10.6 Å². The number of para-hydroxylation sites is 1. The summed E-state index contributed by atoms with van der Waals surface area (Å²) in [5, 5.41) is 6.24. The molecule has 3 nitrogen and oxygen atoms in total. The molecule has 0 aliphatic carbocycles. The number of thiophene rings is 1. The zero-order chi connectivity index (χ0) is 15.8. The Kier molecular flexibility index (Phi) is 3.35. The van der Waals surface area contributed by atoms with Gasteiger partial charge in [0, 0.05) is 21.0 Å². The van der Waals surface area contributed by atoms with Crippen molar-refractivity contribution in [3.05, 3.63) is 76.9 Å². The van der Waals surface area contributed by atoms with E-state index in [0.717, 1.165) is 15.4 Å². The fourth-order valence-electron chi connectivity index (χ4n) is 2.66. The van der Waals surface area contributed by atoms with Crippen LogP contribution in [0.3, 0.4) is 0 Å². The van der Waals surface area contributed by atoms with Gasteiger partial charge < -0.3 is 10.6 Å². The van der Waals surface area contributed by atoms with E-state index in [1.807, 2.05) is 36.4 Å². The van der Waals surface area contributed by atoms with Crippen LogP contribution in [0.2, 0.25) is 0 Å². The van der Waals surface area contributed by atoms with Gasteiger partial charge in [-0.15, -0.1) is 11.3 Å². The van der Waals surface area contributed by atoms with Crippen molar-refractivity contribution >= 4 is 22.9 Å². The molecule has 5 heteroatoms. The second-order valence-corrected chi connectivity index (χ2v) is 6.39. The number of nitrogens with one attached hydrogen (secondary N) is 2. The van der Waals surface area contributed by atoms with Crippen LogP contribution < -0.4 is 10.6 Å². The Morgan fingerprint density at radius 2 is 1.61 bits per heavy atom. The third-order valence-corrected chi connectivity index (χ3v) is 4.98. The highest BCUT2D eigenvalue weighted by Crippen LogP contribution is 2.35. The average Bonchev–Trinajstić information content (AvgIpc) is 3.05. The molecule has 1 amide bonds. The van der Waals surface area contributed by atoms with Gasteiger partial charge in [-0.3, -0.25) is 4.79 Å². The molecule has 2 aromatic carbocycles. The van der Waals surface area contributed by atoms with Gasteiger partial charge in [-0.05, 0) is 30.3 Å². The standard InChI is InChI=1S/C18H13FN2OS/c19-13-7-3-1-5-11(13)15-9-10-16(23-15)17-20-14-8-4-2-6-12(14)18(22)21-17/h1-10,17,20H,(H,21,22). The first-order valence-corrected chi connectivity index (χ1v) is 8.05. The lowest BCUT2D eigenvalue weighted by molar-refractivity contribution is 0.0936. The molecule has 1 atom stereocenters. The van der Waals surface area contributed by atoms with Crippen LogP contribution in [0.15, 0.2) is 60.7 Å². The maximum atomic E-state index is 13.9. The van der Waals surface area contributed by atoms with Crippen LogP contribution in [0.5, 0.6) is 0 Å². The van der Waals surface area contributed by atoms with E-state index in [1.54, 1.807) is 18.2 Å². The van der Waals surface area contributed by atoms with E-state index in [4.69, 9.17) is 0 Å². The molecule has 0 saturated carbocycles. The highest BCUT2D eigenvalue weighted by atomic mass is 32.1. The molecule has 3 aromatic rings. The van der Waals surface area contributed by atoms with Gasteiger partial charge in [0.05, 0.1) is 5.56 Å². The van der Waals surface area contributed by atoms with E-state index in [0.29, 0.717) is 11.1 Å². The van der Waals surface area contributed by atoms with Gasteiger partial charge in [0.25, 0.3) is 5.91 Å². The number of carbonyl (C=O) groups excluding carboxylic acids is 1. The number of benzene rings is 2. The molecule has 4 rings (SSSR count). The SMILES string of the molecule is O=C1NC(c2ccc(-c3ccccc3F)s2)Nc2ccccc21. The molecule has 114 valence electrons. The largest absolute Gasteiger partial charge is 0.360 e. The highest BCUT2D eigenvalue weighted by molar-refractivity contribution is 7.15. The van der Waals surface area contributed by atoms with Crippen molar-refractivity contribution in [2.45, 2.75) is 6.17 Å². The molecule has 0 radical (unpaired) electrons. The smallest absolute Gasteiger partial charge is 0.255 e. The first-order chi connectivity index (χ1) is 11.2. The number of carbonyl (C=O) groups is 1. The number of hydrogen-bond donors (Lipinski definition) is 2. The van der Waals surface area contributed by atoms with E-state index < -0.39 is 0 Å². The summed E-state index contributed by atoms with van der Waals surface area (Å²) in [6, 6.07) is 17.9. The Morgan fingerprint density at radius 1 is 0.870 bits per heavy atom. The average molecular weight is 324 g/mol. The molecule has 0 saturated heterocycles. The van der Waals surface area contributed by atoms with Gasteiger partial charge in [0.15, 0.2) is 0 Å². The first kappa shape index (κ1) is 14.0. The van der Waals surface area contributed by atoms with Crippen molar-refractivity contribution in [2.75, 3.05) is 5.32 Å². The normalized spacial score (nSPS) is 16.4. The van der Waals surface area contributed by atoms with E-state index in [1.165, 1.54) is 17.4 Å². The number of rotatable bonds is 2. The maximum Gasteiger partial charge on any atom is 0.255 e. The summed E-state index contributed by atoms with van der Waals surface area (Å²) < 4.78 is 13.9. The van der Waals surface area contributed by atoms with Crippen LogP contribution in [0.1, 0.15) is 21.4 Å². The summed E-state index contributed by atoms with van der Waals surface area (Å²) in [6.45, 7) is 0. The molecule has 1 aliphatic rings. The van der Waals surface area contributed by atoms with Crippen molar-refractivity contribution in [1.82, 2.24) is 5.32 Å². The summed E-state index contributed by atoms with van der Waals surface area (Å²) in [7, 11) is 0. The van der Waals surface area contributed by atoms with Crippen LogP contribution in [0.25, 0.3) is 10.4 Å². The fourth-order valence-corrected chi connectivity index (χ4v) is 3.70. The monoisotopic (exact) mass is 324 g/mol. The summed E-state index contributed by atoms with van der Waals surface area (Å²) >= 11 is 1.47. The van der Waals surface area contributed by atoms with Gasteiger partial charge in [-0.2, -0.15) is 0 Å². The van der Waals surface area contributed by atoms with E-state index >= 15 is 0 Å². The van der Waals surface area contributed by atoms with Gasteiger partial charge in [-0.25, -0.2) is 4.39 Å². The van der Waals surface area contributed by atoms with Gasteiger partial charge >= 0.3 is 0 Å². The Balaban J connectivity index is 1.66. The quantitative estimate of drug-likeness (QED) is 0.733. The molecule has 2 N–H and O–H groups in total. The molecular weight excluding hydrogens is 311 g/mol. The number of anilines is 1. The predicted molar refractivity (Wildman–Crippen MR) is 90.0 cm³/mol. The second-order valence-electron chi connectivity index (χ2n) is 5.28. The Bertz CT molecular complexity index is 890. The molecular formula is C18H13FN2OS. The van der Waals surface area contributed by atoms with Crippen LogP contribution in [-0.4, -0.2) is 5.91 Å². The van der Waals surface area contributed by atoms with Crippen molar-refractivity contribution in [3.63, 3.8) is 0 Å². The van der Waals surface area contributed by atoms with E-state index in [9.17, 15) is 9.18 Å². The zero-order valence-corrected chi connectivity index (χ0v) is 12.9. The summed E-state index contributed by atoms with van der Waals surface area (Å²) in [4.78, 5) is 14.0. The van der Waals surface area contributed by atoms with Crippen LogP contribution >= 0.6 is 11.3 Å². The number of hydrogen-bond acceptors (Lipinski definition) is 3. The van der Waals surface area contributed by atoms with Gasteiger partial charge in [0.2, 0.25) is 0 Å². The Morgan fingerprint density at radius 3 is 2.43 bits per heavy atom. The van der Waals surface area contributed by atoms with Crippen LogP contribution in [0, 0.1) is 5.82 Å². The lowest BCUT2D eigenvalue weighted by Gasteiger charge is -2.26. The molecule has 1 unspecified atom stereocenters. The molecule has 23 heavy (non-hydrogen) atoms. The zero-order valence-electron chi connectivity index (χ0n) is 12.0. The van der Waals surface area contributed by atoms with Gasteiger partial charge in [-0.1, -0.05) is 30.3 Å². The molecule has 0 spiro atoms. The van der Waals surface area contributed by atoms with Crippen molar-refractivity contribution in [1.29, 1.82) is 0 Å². The minimum atomic E-state index is -0.303. The molecule has 1 aliphatic heterocycles. The van der Waals surface area contributed by atoms with Crippen molar-refractivity contribution in [2.24, 2.45) is 0 Å². The van der Waals surface area contributed by atoms with Crippen molar-refractivity contribution < 1.29 is 9.18 Å². The Hall–Kier alpha value is -2.66. The van der Waals surface area contributed by atoms with Crippen LogP contribution in [0.4, 0.5) is 10.1 Å². The Labute approximate surface area is 136 Å². The second kappa shape index (κ2) is 5.52. The molecule has 0 fully saturated rings. The van der Waals surface area contributed by atoms with Gasteiger partial charge in [0.1, 0.15) is 12.0 Å². The maximum absolute atomic E-state index is 13.9.